The molecule has 3 rings (SSSR count). The lowest BCUT2D eigenvalue weighted by molar-refractivity contribution is -0.126. The summed E-state index contributed by atoms with van der Waals surface area (Å²) in [6.45, 7) is 2.24. The van der Waals surface area contributed by atoms with E-state index < -0.39 is 27.8 Å². The first-order chi connectivity index (χ1) is 15.1. The number of hydrazine groups is 1. The van der Waals surface area contributed by atoms with E-state index >= 15 is 0 Å². The fraction of sp³-hybridized carbons (Fsp3) is 0.318. The summed E-state index contributed by atoms with van der Waals surface area (Å²) < 4.78 is 25.6. The van der Waals surface area contributed by atoms with Gasteiger partial charge in [-0.05, 0) is 42.3 Å². The van der Waals surface area contributed by atoms with E-state index in [1.165, 1.54) is 38.4 Å². The topological polar surface area (TPSA) is 116 Å². The van der Waals surface area contributed by atoms with Gasteiger partial charge in [-0.25, -0.2) is 12.7 Å². The minimum atomic E-state index is -3.70. The predicted octanol–water partition coefficient (Wildman–Crippen LogP) is 1.31. The summed E-state index contributed by atoms with van der Waals surface area (Å²) in [5.74, 6) is -1.93. The van der Waals surface area contributed by atoms with Gasteiger partial charge in [0.2, 0.25) is 21.8 Å². The molecule has 1 heterocycles. The molecule has 1 fully saturated rings. The van der Waals surface area contributed by atoms with Crippen molar-refractivity contribution >= 4 is 33.4 Å². The normalized spacial score (nSPS) is 16.3. The van der Waals surface area contributed by atoms with Crippen molar-refractivity contribution in [1.29, 1.82) is 0 Å². The second-order valence-electron chi connectivity index (χ2n) is 7.69. The summed E-state index contributed by atoms with van der Waals surface area (Å²) in [6.07, 6.45) is 0.873. The number of hydrogen-bond donors (Lipinski definition) is 2. The molecule has 10 heteroatoms. The molecule has 0 unspecified atom stereocenters. The van der Waals surface area contributed by atoms with Crippen LogP contribution in [0, 0.1) is 5.92 Å². The molecule has 170 valence electrons. The molecule has 2 aromatic carbocycles. The molecule has 1 aliphatic heterocycles. The largest absolute Gasteiger partial charge is 0.312 e. The molecule has 1 aliphatic rings. The van der Waals surface area contributed by atoms with Gasteiger partial charge in [-0.1, -0.05) is 25.1 Å². The lowest BCUT2D eigenvalue weighted by atomic mass is 10.1. The predicted molar refractivity (Wildman–Crippen MR) is 119 cm³/mol. The van der Waals surface area contributed by atoms with Gasteiger partial charge < -0.3 is 4.90 Å². The third-order valence-electron chi connectivity index (χ3n) is 5.30. The maximum absolute atomic E-state index is 12.5. The number of carbonyl (C=O) groups excluding carboxylic acids is 3. The zero-order chi connectivity index (χ0) is 23.5. The molecular weight excluding hydrogens is 432 g/mol. The molecular formula is C22H26N4O5S. The Labute approximate surface area is 187 Å². The number of amides is 3. The Kier molecular flexibility index (Phi) is 6.95. The molecule has 3 amide bonds. The molecule has 1 atom stereocenters. The Morgan fingerprint density at radius 2 is 1.81 bits per heavy atom. The first-order valence-corrected chi connectivity index (χ1v) is 11.6. The Balaban J connectivity index is 1.62. The van der Waals surface area contributed by atoms with E-state index in [0.29, 0.717) is 0 Å². The summed E-state index contributed by atoms with van der Waals surface area (Å²) in [6, 6.07) is 13.1. The second kappa shape index (κ2) is 9.49. The van der Waals surface area contributed by atoms with Gasteiger partial charge in [-0.2, -0.15) is 0 Å². The Morgan fingerprint density at radius 1 is 1.09 bits per heavy atom. The first-order valence-electron chi connectivity index (χ1n) is 10.2. The van der Waals surface area contributed by atoms with Gasteiger partial charge in [-0.15, -0.1) is 0 Å². The van der Waals surface area contributed by atoms with Crippen LogP contribution < -0.4 is 15.8 Å². The number of rotatable bonds is 6. The maximum atomic E-state index is 12.5. The molecule has 0 radical (unpaired) electrons. The number of anilines is 1. The quantitative estimate of drug-likeness (QED) is 0.634. The van der Waals surface area contributed by atoms with Crippen molar-refractivity contribution in [3.05, 3.63) is 59.7 Å². The van der Waals surface area contributed by atoms with Crippen LogP contribution in [0.25, 0.3) is 0 Å². The summed E-state index contributed by atoms with van der Waals surface area (Å²) >= 11 is 0. The van der Waals surface area contributed by atoms with E-state index in [2.05, 4.69) is 10.9 Å². The SMILES string of the molecule is CCc1cccc(N2C[C@@H](C(=O)NNC(=O)c3cccc(S(=O)(=O)N(C)C)c3)CC2=O)c1. The monoisotopic (exact) mass is 458 g/mol. The van der Waals surface area contributed by atoms with Crippen LogP contribution in [0.1, 0.15) is 29.3 Å². The van der Waals surface area contributed by atoms with Crippen molar-refractivity contribution in [1.82, 2.24) is 15.2 Å². The highest BCUT2D eigenvalue weighted by molar-refractivity contribution is 7.89. The molecule has 0 aromatic heterocycles. The van der Waals surface area contributed by atoms with Crippen molar-refractivity contribution in [2.24, 2.45) is 5.92 Å². The van der Waals surface area contributed by atoms with Crippen molar-refractivity contribution in [2.75, 3.05) is 25.5 Å². The van der Waals surface area contributed by atoms with Gasteiger partial charge >= 0.3 is 0 Å². The number of aryl methyl sites for hydroxylation is 1. The maximum Gasteiger partial charge on any atom is 0.269 e. The number of carbonyl (C=O) groups is 3. The summed E-state index contributed by atoms with van der Waals surface area (Å²) in [4.78, 5) is 38.9. The van der Waals surface area contributed by atoms with E-state index in [1.54, 1.807) is 4.90 Å². The lowest BCUT2D eigenvalue weighted by Crippen LogP contribution is -2.45. The van der Waals surface area contributed by atoms with Crippen molar-refractivity contribution in [3.63, 3.8) is 0 Å². The van der Waals surface area contributed by atoms with Crippen LogP contribution in [-0.2, 0) is 26.0 Å². The van der Waals surface area contributed by atoms with Crippen molar-refractivity contribution < 1.29 is 22.8 Å². The van der Waals surface area contributed by atoms with Crippen LogP contribution in [0.3, 0.4) is 0 Å². The van der Waals surface area contributed by atoms with Crippen LogP contribution in [0.5, 0.6) is 0 Å². The van der Waals surface area contributed by atoms with Gasteiger partial charge in [0.15, 0.2) is 0 Å². The molecule has 0 spiro atoms. The fourth-order valence-electron chi connectivity index (χ4n) is 3.38. The minimum absolute atomic E-state index is 0.0344. The Bertz CT molecular complexity index is 1150. The molecule has 0 saturated carbocycles. The van der Waals surface area contributed by atoms with Crippen LogP contribution in [0.4, 0.5) is 5.69 Å². The van der Waals surface area contributed by atoms with E-state index in [0.717, 1.165) is 22.0 Å². The lowest BCUT2D eigenvalue weighted by Gasteiger charge is -2.17. The fourth-order valence-corrected chi connectivity index (χ4v) is 4.33. The molecule has 2 aromatic rings. The zero-order valence-electron chi connectivity index (χ0n) is 18.2. The van der Waals surface area contributed by atoms with Crippen LogP contribution in [0.2, 0.25) is 0 Å². The molecule has 2 N–H and O–H groups in total. The second-order valence-corrected chi connectivity index (χ2v) is 9.84. The van der Waals surface area contributed by atoms with Crippen molar-refractivity contribution in [3.8, 4) is 0 Å². The van der Waals surface area contributed by atoms with Crippen LogP contribution in [-0.4, -0.2) is 51.1 Å². The minimum Gasteiger partial charge on any atom is -0.312 e. The van der Waals surface area contributed by atoms with Crippen molar-refractivity contribution in [2.45, 2.75) is 24.7 Å². The van der Waals surface area contributed by atoms with E-state index in [-0.39, 0.29) is 29.3 Å². The molecule has 1 saturated heterocycles. The third-order valence-corrected chi connectivity index (χ3v) is 7.11. The highest BCUT2D eigenvalue weighted by atomic mass is 32.2. The van der Waals surface area contributed by atoms with Crippen LogP contribution in [0.15, 0.2) is 53.4 Å². The summed E-state index contributed by atoms with van der Waals surface area (Å²) in [5, 5.41) is 0. The zero-order valence-corrected chi connectivity index (χ0v) is 19.0. The Morgan fingerprint density at radius 3 is 2.50 bits per heavy atom. The van der Waals surface area contributed by atoms with Gasteiger partial charge in [0, 0.05) is 38.3 Å². The standard InChI is InChI=1S/C22H26N4O5S/c1-4-15-7-5-9-18(11-15)26-14-17(13-20(26)27)22(29)24-23-21(28)16-8-6-10-19(12-16)32(30,31)25(2)3/h5-12,17H,4,13-14H2,1-3H3,(H,23,28)(H,24,29)/t17-/m0/s1. The molecule has 9 nitrogen and oxygen atoms in total. The molecule has 0 bridgehead atoms. The van der Waals surface area contributed by atoms with Gasteiger partial charge in [0.25, 0.3) is 5.91 Å². The molecule has 32 heavy (non-hydrogen) atoms. The van der Waals surface area contributed by atoms with E-state index in [1.807, 2.05) is 31.2 Å². The number of benzene rings is 2. The number of nitrogens with one attached hydrogen (secondary N) is 2. The average Bonchev–Trinajstić information content (AvgIpc) is 3.19. The highest BCUT2D eigenvalue weighted by Gasteiger charge is 2.35. The number of hydrogen-bond acceptors (Lipinski definition) is 5. The van der Waals surface area contributed by atoms with Gasteiger partial charge in [0.05, 0.1) is 10.8 Å². The smallest absolute Gasteiger partial charge is 0.269 e. The number of sulfonamides is 1. The van der Waals surface area contributed by atoms with Gasteiger partial charge in [-0.3, -0.25) is 25.2 Å². The van der Waals surface area contributed by atoms with E-state index in [4.69, 9.17) is 0 Å². The molecule has 0 aliphatic carbocycles. The van der Waals surface area contributed by atoms with Crippen LogP contribution >= 0.6 is 0 Å². The first kappa shape index (κ1) is 23.4. The third kappa shape index (κ3) is 4.97. The average molecular weight is 459 g/mol. The Hall–Kier alpha value is -3.24. The summed E-state index contributed by atoms with van der Waals surface area (Å²) in [7, 11) is -0.906. The van der Waals surface area contributed by atoms with E-state index in [9.17, 15) is 22.8 Å². The summed E-state index contributed by atoms with van der Waals surface area (Å²) in [5.41, 5.74) is 6.55. The number of nitrogens with zero attached hydrogens (tertiary/aromatic N) is 2. The van der Waals surface area contributed by atoms with Gasteiger partial charge in [0.1, 0.15) is 0 Å². The highest BCUT2D eigenvalue weighted by Crippen LogP contribution is 2.26.